The monoisotopic (exact) mass is 362 g/mol. The van der Waals surface area contributed by atoms with Gasteiger partial charge in [0.1, 0.15) is 5.75 Å². The van der Waals surface area contributed by atoms with Gasteiger partial charge in [0.15, 0.2) is 11.6 Å². The Morgan fingerprint density at radius 2 is 1.57 bits per heavy atom. The molecular formula is C19H21CoF2O-. The number of phenolic OH excluding ortho intramolecular Hbond substituents is 1. The van der Waals surface area contributed by atoms with Crippen LogP contribution in [0, 0.1) is 23.6 Å². The Morgan fingerprint density at radius 3 is 2.09 bits per heavy atom. The maximum absolute atomic E-state index is 12.0. The van der Waals surface area contributed by atoms with Crippen LogP contribution in [-0.2, 0) is 16.8 Å². The van der Waals surface area contributed by atoms with E-state index in [0.717, 1.165) is 30.0 Å². The van der Waals surface area contributed by atoms with Crippen molar-refractivity contribution in [2.24, 2.45) is 5.92 Å². The SMILES string of the molecule is CC1CCC(c2cc[c-]cc2)CC1.Oc1ccc(F)c(F)c1.[Co]. The van der Waals surface area contributed by atoms with Crippen molar-refractivity contribution in [1.29, 1.82) is 0 Å². The minimum absolute atomic E-state index is 0. The van der Waals surface area contributed by atoms with Gasteiger partial charge in [-0.3, -0.25) is 0 Å². The van der Waals surface area contributed by atoms with E-state index in [1.807, 2.05) is 12.1 Å². The Morgan fingerprint density at radius 1 is 0.957 bits per heavy atom. The molecule has 1 N–H and O–H groups in total. The van der Waals surface area contributed by atoms with Gasteiger partial charge < -0.3 is 5.11 Å². The van der Waals surface area contributed by atoms with Gasteiger partial charge in [-0.1, -0.05) is 19.8 Å². The molecule has 0 amide bonds. The summed E-state index contributed by atoms with van der Waals surface area (Å²) in [6, 6.07) is 14.3. The molecule has 0 heterocycles. The Labute approximate surface area is 146 Å². The van der Waals surface area contributed by atoms with Crippen LogP contribution in [0.15, 0.2) is 42.5 Å². The molecule has 1 nitrogen and oxygen atoms in total. The molecule has 4 heteroatoms. The first kappa shape index (κ1) is 19.7. The van der Waals surface area contributed by atoms with Crippen LogP contribution in [-0.4, -0.2) is 5.11 Å². The molecule has 0 unspecified atom stereocenters. The van der Waals surface area contributed by atoms with E-state index in [0.29, 0.717) is 0 Å². The maximum Gasteiger partial charge on any atom is 0.162 e. The van der Waals surface area contributed by atoms with Crippen LogP contribution in [0.3, 0.4) is 0 Å². The van der Waals surface area contributed by atoms with Gasteiger partial charge in [0.2, 0.25) is 0 Å². The molecule has 23 heavy (non-hydrogen) atoms. The van der Waals surface area contributed by atoms with Crippen molar-refractivity contribution in [2.75, 3.05) is 0 Å². The van der Waals surface area contributed by atoms with Crippen LogP contribution >= 0.6 is 0 Å². The molecule has 1 fully saturated rings. The Balaban J connectivity index is 0.000000235. The fraction of sp³-hybridized carbons (Fsp3) is 0.368. The van der Waals surface area contributed by atoms with Gasteiger partial charge >= 0.3 is 0 Å². The first-order valence-electron chi connectivity index (χ1n) is 7.66. The van der Waals surface area contributed by atoms with Gasteiger partial charge in [-0.2, -0.15) is 35.9 Å². The largest absolute Gasteiger partial charge is 0.508 e. The summed E-state index contributed by atoms with van der Waals surface area (Å²) >= 11 is 0. The van der Waals surface area contributed by atoms with Gasteiger partial charge in [0.25, 0.3) is 0 Å². The van der Waals surface area contributed by atoms with Crippen molar-refractivity contribution in [1.82, 2.24) is 0 Å². The zero-order valence-electron chi connectivity index (χ0n) is 13.1. The standard InChI is InChI=1S/C13H17.C6H4F2O.Co/c1-11-7-9-13(10-8-11)12-5-3-2-4-6-12;7-5-2-1-4(9)3-6(5)8;/h3-6,11,13H,7-10H2,1H3;1-3,9H;/q-1;;. The van der Waals surface area contributed by atoms with Crippen LogP contribution in [0.25, 0.3) is 0 Å². The third-order valence-corrected chi connectivity index (χ3v) is 4.13. The molecule has 3 rings (SSSR count). The summed E-state index contributed by atoms with van der Waals surface area (Å²) in [5.74, 6) is -0.478. The minimum atomic E-state index is -1.03. The Hall–Kier alpha value is -1.39. The average molecular weight is 362 g/mol. The summed E-state index contributed by atoms with van der Waals surface area (Å²) in [6.07, 6.45) is 5.57. The van der Waals surface area contributed by atoms with Crippen LogP contribution in [0.2, 0.25) is 0 Å². The molecule has 1 radical (unpaired) electrons. The molecule has 2 aromatic carbocycles. The molecule has 0 spiro atoms. The van der Waals surface area contributed by atoms with Gasteiger partial charge in [-0.05, 0) is 36.8 Å². The summed E-state index contributed by atoms with van der Waals surface area (Å²) in [5, 5.41) is 8.53. The maximum atomic E-state index is 12.0. The van der Waals surface area contributed by atoms with Gasteiger partial charge in [-0.15, -0.1) is 0 Å². The van der Waals surface area contributed by atoms with E-state index in [9.17, 15) is 8.78 Å². The third kappa shape index (κ3) is 6.32. The van der Waals surface area contributed by atoms with Gasteiger partial charge in [-0.25, -0.2) is 8.78 Å². The summed E-state index contributed by atoms with van der Waals surface area (Å²) in [4.78, 5) is 0. The zero-order chi connectivity index (χ0) is 15.9. The number of phenols is 1. The van der Waals surface area contributed by atoms with Gasteiger partial charge in [0.05, 0.1) is 0 Å². The van der Waals surface area contributed by atoms with Crippen molar-refractivity contribution in [2.45, 2.75) is 38.5 Å². The Bertz CT molecular complexity index is 581. The molecule has 127 valence electrons. The summed E-state index contributed by atoms with van der Waals surface area (Å²) in [7, 11) is 0. The van der Waals surface area contributed by atoms with E-state index in [1.165, 1.54) is 31.2 Å². The molecule has 0 saturated heterocycles. The molecular weight excluding hydrogens is 341 g/mol. The fourth-order valence-corrected chi connectivity index (χ4v) is 2.75. The number of hydrogen-bond donors (Lipinski definition) is 1. The van der Waals surface area contributed by atoms with Crippen LogP contribution in [0.1, 0.15) is 44.1 Å². The second-order valence-electron chi connectivity index (χ2n) is 5.89. The number of aromatic hydroxyl groups is 1. The second-order valence-corrected chi connectivity index (χ2v) is 5.89. The van der Waals surface area contributed by atoms with E-state index in [1.54, 1.807) is 0 Å². The second kappa shape index (κ2) is 9.68. The van der Waals surface area contributed by atoms with E-state index >= 15 is 0 Å². The molecule has 2 aromatic rings. The predicted octanol–water partition coefficient (Wildman–Crippen LogP) is 5.45. The van der Waals surface area contributed by atoms with Gasteiger partial charge in [0, 0.05) is 22.8 Å². The quantitative estimate of drug-likeness (QED) is 0.669. The number of hydrogen-bond acceptors (Lipinski definition) is 1. The minimum Gasteiger partial charge on any atom is -0.508 e. The van der Waals surface area contributed by atoms with E-state index in [4.69, 9.17) is 5.11 Å². The molecule has 1 aliphatic rings. The summed E-state index contributed by atoms with van der Waals surface area (Å²) < 4.78 is 24.1. The van der Waals surface area contributed by atoms with Crippen LogP contribution in [0.4, 0.5) is 8.78 Å². The number of rotatable bonds is 1. The summed E-state index contributed by atoms with van der Waals surface area (Å²) in [5.41, 5.74) is 1.52. The van der Waals surface area contributed by atoms with Crippen molar-refractivity contribution in [3.8, 4) is 5.75 Å². The number of benzene rings is 2. The molecule has 0 atom stereocenters. The van der Waals surface area contributed by atoms with E-state index < -0.39 is 11.6 Å². The molecule has 1 aliphatic carbocycles. The molecule has 1 saturated carbocycles. The van der Waals surface area contributed by atoms with E-state index in [2.05, 4.69) is 25.1 Å². The number of halogens is 2. The van der Waals surface area contributed by atoms with Crippen LogP contribution in [0.5, 0.6) is 5.75 Å². The smallest absolute Gasteiger partial charge is 0.162 e. The van der Waals surface area contributed by atoms with Crippen molar-refractivity contribution in [3.05, 3.63) is 65.7 Å². The first-order valence-corrected chi connectivity index (χ1v) is 7.66. The molecule has 0 bridgehead atoms. The van der Waals surface area contributed by atoms with Crippen LogP contribution < -0.4 is 0 Å². The molecule has 0 aromatic heterocycles. The molecule has 0 aliphatic heterocycles. The Kier molecular flexibility index (Phi) is 8.27. The third-order valence-electron chi connectivity index (χ3n) is 4.13. The first-order chi connectivity index (χ1) is 10.6. The normalized spacial score (nSPS) is 20.0. The fourth-order valence-electron chi connectivity index (χ4n) is 2.75. The zero-order valence-corrected chi connectivity index (χ0v) is 14.1. The van der Waals surface area contributed by atoms with Crippen molar-refractivity contribution >= 4 is 0 Å². The topological polar surface area (TPSA) is 20.2 Å². The van der Waals surface area contributed by atoms with Crippen molar-refractivity contribution < 1.29 is 30.7 Å². The van der Waals surface area contributed by atoms with E-state index in [-0.39, 0.29) is 22.5 Å². The average Bonchev–Trinajstić information content (AvgIpc) is 2.53. The predicted molar refractivity (Wildman–Crippen MR) is 83.7 cm³/mol. The van der Waals surface area contributed by atoms with Crippen molar-refractivity contribution in [3.63, 3.8) is 0 Å². The summed E-state index contributed by atoms with van der Waals surface area (Å²) in [6.45, 7) is 2.37.